The Kier molecular flexibility index (Phi) is 2.93. The first-order valence-electron chi connectivity index (χ1n) is 3.94. The molecule has 64 valence electrons. The molecule has 2 aliphatic rings. The lowest BCUT2D eigenvalue weighted by Gasteiger charge is -2.31. The van der Waals surface area contributed by atoms with E-state index in [9.17, 15) is 0 Å². The van der Waals surface area contributed by atoms with Crippen LogP contribution in [0.25, 0.3) is 0 Å². The standard InChI is InChI=1S/C8H13NO.ClH/c1-2-8(10-7-1)3-5-9-6-4-8;/h1-2,9H,3-7H2;1H. The Balaban J connectivity index is 0.000000605. The summed E-state index contributed by atoms with van der Waals surface area (Å²) in [6.07, 6.45) is 6.64. The summed E-state index contributed by atoms with van der Waals surface area (Å²) in [5, 5.41) is 3.32. The quantitative estimate of drug-likeness (QED) is 0.558. The van der Waals surface area contributed by atoms with E-state index in [4.69, 9.17) is 4.74 Å². The average Bonchev–Trinajstić information content (AvgIpc) is 2.39. The fourth-order valence-electron chi connectivity index (χ4n) is 1.69. The van der Waals surface area contributed by atoms with Crippen LogP contribution in [0.1, 0.15) is 12.8 Å². The Morgan fingerprint density at radius 3 is 2.55 bits per heavy atom. The Bertz CT molecular complexity index is 152. The summed E-state index contributed by atoms with van der Waals surface area (Å²) in [6, 6.07) is 0. The van der Waals surface area contributed by atoms with Crippen molar-refractivity contribution in [2.45, 2.75) is 18.4 Å². The molecule has 0 amide bonds. The maximum Gasteiger partial charge on any atom is 0.0891 e. The second kappa shape index (κ2) is 3.57. The molecule has 2 aliphatic heterocycles. The Labute approximate surface area is 73.4 Å². The fourth-order valence-corrected chi connectivity index (χ4v) is 1.69. The molecule has 3 heteroatoms. The zero-order chi connectivity index (χ0) is 6.86. The minimum atomic E-state index is 0. The molecule has 0 aromatic carbocycles. The molecule has 0 saturated carbocycles. The minimum absolute atomic E-state index is 0. The van der Waals surface area contributed by atoms with Gasteiger partial charge in [0.25, 0.3) is 0 Å². The molecule has 0 aromatic rings. The first-order chi connectivity index (χ1) is 4.91. The van der Waals surface area contributed by atoms with Crippen LogP contribution in [0.4, 0.5) is 0 Å². The van der Waals surface area contributed by atoms with Gasteiger partial charge >= 0.3 is 0 Å². The van der Waals surface area contributed by atoms with Gasteiger partial charge in [0, 0.05) is 0 Å². The number of rotatable bonds is 0. The van der Waals surface area contributed by atoms with E-state index < -0.39 is 0 Å². The van der Waals surface area contributed by atoms with Crippen molar-refractivity contribution in [3.8, 4) is 0 Å². The highest BCUT2D eigenvalue weighted by Gasteiger charge is 2.31. The predicted octanol–water partition coefficient (Wildman–Crippen LogP) is 1.12. The van der Waals surface area contributed by atoms with Crippen LogP contribution in [0.2, 0.25) is 0 Å². The predicted molar refractivity (Wildman–Crippen MR) is 47.2 cm³/mol. The highest BCUT2D eigenvalue weighted by molar-refractivity contribution is 5.85. The van der Waals surface area contributed by atoms with Crippen LogP contribution in [0.15, 0.2) is 12.2 Å². The number of ether oxygens (including phenoxy) is 1. The van der Waals surface area contributed by atoms with Crippen molar-refractivity contribution in [2.24, 2.45) is 0 Å². The second-order valence-corrected chi connectivity index (χ2v) is 3.03. The van der Waals surface area contributed by atoms with Gasteiger partial charge in [-0.05, 0) is 25.9 Å². The highest BCUT2D eigenvalue weighted by atomic mass is 35.5. The number of hydrogen-bond donors (Lipinski definition) is 1. The topological polar surface area (TPSA) is 21.3 Å². The highest BCUT2D eigenvalue weighted by Crippen LogP contribution is 2.28. The summed E-state index contributed by atoms with van der Waals surface area (Å²) in [5.41, 5.74) is 0.130. The molecule has 1 spiro atoms. The largest absolute Gasteiger partial charge is 0.367 e. The third-order valence-electron chi connectivity index (χ3n) is 2.34. The fraction of sp³-hybridized carbons (Fsp3) is 0.750. The van der Waals surface area contributed by atoms with Gasteiger partial charge in [-0.3, -0.25) is 0 Å². The van der Waals surface area contributed by atoms with Gasteiger partial charge < -0.3 is 10.1 Å². The first kappa shape index (κ1) is 9.04. The molecule has 11 heavy (non-hydrogen) atoms. The van der Waals surface area contributed by atoms with Gasteiger partial charge in [-0.1, -0.05) is 12.2 Å². The Morgan fingerprint density at radius 1 is 1.27 bits per heavy atom. The van der Waals surface area contributed by atoms with E-state index in [0.29, 0.717) is 0 Å². The summed E-state index contributed by atoms with van der Waals surface area (Å²) in [4.78, 5) is 0. The monoisotopic (exact) mass is 175 g/mol. The Morgan fingerprint density at radius 2 is 2.00 bits per heavy atom. The summed E-state index contributed by atoms with van der Waals surface area (Å²) >= 11 is 0. The second-order valence-electron chi connectivity index (χ2n) is 3.03. The van der Waals surface area contributed by atoms with E-state index in [0.717, 1.165) is 32.5 Å². The molecule has 2 heterocycles. The molecule has 2 rings (SSSR count). The molecule has 0 bridgehead atoms. The molecule has 0 radical (unpaired) electrons. The molecular weight excluding hydrogens is 162 g/mol. The van der Waals surface area contributed by atoms with Crippen molar-refractivity contribution in [1.82, 2.24) is 5.32 Å². The molecule has 0 aromatic heterocycles. The number of hydrogen-bond acceptors (Lipinski definition) is 2. The SMILES string of the molecule is C1=CC2(CCNCC2)OC1.Cl. The lowest BCUT2D eigenvalue weighted by Crippen LogP contribution is -2.40. The van der Waals surface area contributed by atoms with Gasteiger partial charge in [0.05, 0.1) is 12.2 Å². The maximum atomic E-state index is 5.63. The van der Waals surface area contributed by atoms with Crippen molar-refractivity contribution < 1.29 is 4.74 Å². The summed E-state index contributed by atoms with van der Waals surface area (Å²) in [7, 11) is 0. The molecule has 1 saturated heterocycles. The van der Waals surface area contributed by atoms with Gasteiger partial charge in [-0.25, -0.2) is 0 Å². The van der Waals surface area contributed by atoms with Crippen molar-refractivity contribution in [3.05, 3.63) is 12.2 Å². The summed E-state index contributed by atoms with van der Waals surface area (Å²) in [6.45, 7) is 3.02. The summed E-state index contributed by atoms with van der Waals surface area (Å²) < 4.78 is 5.63. The zero-order valence-electron chi connectivity index (χ0n) is 6.51. The average molecular weight is 176 g/mol. The molecule has 2 nitrogen and oxygen atoms in total. The molecule has 0 unspecified atom stereocenters. The molecule has 0 atom stereocenters. The van der Waals surface area contributed by atoms with Gasteiger partial charge in [-0.2, -0.15) is 0 Å². The minimum Gasteiger partial charge on any atom is -0.367 e. The molecular formula is C8H14ClNO. The van der Waals surface area contributed by atoms with E-state index in [1.165, 1.54) is 0 Å². The van der Waals surface area contributed by atoms with Crippen LogP contribution in [0.3, 0.4) is 0 Å². The van der Waals surface area contributed by atoms with Crippen molar-refractivity contribution in [1.29, 1.82) is 0 Å². The van der Waals surface area contributed by atoms with Crippen LogP contribution in [-0.2, 0) is 4.74 Å². The third-order valence-corrected chi connectivity index (χ3v) is 2.34. The van der Waals surface area contributed by atoms with Crippen LogP contribution < -0.4 is 5.32 Å². The van der Waals surface area contributed by atoms with E-state index in [1.807, 2.05) is 0 Å². The van der Waals surface area contributed by atoms with Crippen LogP contribution in [0, 0.1) is 0 Å². The van der Waals surface area contributed by atoms with Crippen molar-refractivity contribution in [3.63, 3.8) is 0 Å². The molecule has 0 aliphatic carbocycles. The van der Waals surface area contributed by atoms with Gasteiger partial charge in [0.1, 0.15) is 0 Å². The van der Waals surface area contributed by atoms with E-state index in [2.05, 4.69) is 17.5 Å². The van der Waals surface area contributed by atoms with Crippen LogP contribution in [0.5, 0.6) is 0 Å². The van der Waals surface area contributed by atoms with Gasteiger partial charge in [-0.15, -0.1) is 12.4 Å². The maximum absolute atomic E-state index is 5.63. The van der Waals surface area contributed by atoms with Gasteiger partial charge in [0.2, 0.25) is 0 Å². The number of halogens is 1. The van der Waals surface area contributed by atoms with E-state index in [-0.39, 0.29) is 18.0 Å². The van der Waals surface area contributed by atoms with Crippen molar-refractivity contribution >= 4 is 12.4 Å². The van der Waals surface area contributed by atoms with Crippen LogP contribution >= 0.6 is 12.4 Å². The molecule has 1 N–H and O–H groups in total. The van der Waals surface area contributed by atoms with Crippen molar-refractivity contribution in [2.75, 3.05) is 19.7 Å². The molecule has 1 fully saturated rings. The smallest absolute Gasteiger partial charge is 0.0891 e. The lowest BCUT2D eigenvalue weighted by molar-refractivity contribution is 0.00272. The third kappa shape index (κ3) is 1.75. The lowest BCUT2D eigenvalue weighted by atomic mass is 9.93. The Hall–Kier alpha value is -0.0500. The number of piperidine rings is 1. The first-order valence-corrected chi connectivity index (χ1v) is 3.94. The van der Waals surface area contributed by atoms with E-state index in [1.54, 1.807) is 0 Å². The normalized spacial score (nSPS) is 26.9. The number of nitrogens with one attached hydrogen (secondary N) is 1. The van der Waals surface area contributed by atoms with Gasteiger partial charge in [0.15, 0.2) is 0 Å². The summed E-state index contributed by atoms with van der Waals surface area (Å²) in [5.74, 6) is 0. The van der Waals surface area contributed by atoms with E-state index >= 15 is 0 Å². The zero-order valence-corrected chi connectivity index (χ0v) is 7.32. The van der Waals surface area contributed by atoms with Crippen LogP contribution in [-0.4, -0.2) is 25.3 Å².